The van der Waals surface area contributed by atoms with Crippen molar-refractivity contribution in [1.29, 1.82) is 0 Å². The number of pyridine rings is 1. The lowest BCUT2D eigenvalue weighted by Crippen LogP contribution is -2.51. The molecule has 1 aliphatic carbocycles. The number of nitrogens with one attached hydrogen (secondary N) is 2. The first-order valence-corrected chi connectivity index (χ1v) is 30.1. The second-order valence-electron chi connectivity index (χ2n) is 19.8. The molecule has 452 valence electrons. The summed E-state index contributed by atoms with van der Waals surface area (Å²) in [5, 5.41) is 10.8. The third-order valence-electron chi connectivity index (χ3n) is 13.4. The number of aromatic nitrogens is 5. The van der Waals surface area contributed by atoms with Crippen LogP contribution < -0.4 is 14.9 Å². The molecule has 4 amide bonds. The molecule has 3 aromatic heterocycles. The predicted octanol–water partition coefficient (Wildman–Crippen LogP) is 7.90. The highest BCUT2D eigenvalue weighted by molar-refractivity contribution is 7.93. The number of likely N-dealkylation sites (tertiary alicyclic amines) is 1. The van der Waals surface area contributed by atoms with E-state index < -0.39 is 188 Å². The molecule has 4 N–H and O–H groups in total. The van der Waals surface area contributed by atoms with Gasteiger partial charge in [-0.15, -0.1) is 0 Å². The molecule has 0 spiro atoms. The van der Waals surface area contributed by atoms with Gasteiger partial charge in [0.15, 0.2) is 21.3 Å². The second-order valence-corrected chi connectivity index (χ2v) is 25.8. The molecule has 0 saturated carbocycles. The zero-order chi connectivity index (χ0) is 61.7. The van der Waals surface area contributed by atoms with Crippen molar-refractivity contribution in [2.24, 2.45) is 5.92 Å². The fourth-order valence-electron chi connectivity index (χ4n) is 9.39. The van der Waals surface area contributed by atoms with Crippen LogP contribution in [0.1, 0.15) is 80.0 Å². The molecule has 4 heterocycles. The number of nitrogens with zero attached hydrogens (tertiary/aromatic N) is 7. The van der Waals surface area contributed by atoms with Crippen molar-refractivity contribution in [2.45, 2.75) is 101 Å². The molecule has 83 heavy (non-hydrogen) atoms. The van der Waals surface area contributed by atoms with Crippen LogP contribution in [-0.2, 0) is 76.5 Å². The smallest absolute Gasteiger partial charge is 0.422 e. The van der Waals surface area contributed by atoms with Crippen LogP contribution in [0.5, 0.6) is 0 Å². The molecule has 1 saturated heterocycles. The highest BCUT2D eigenvalue weighted by Crippen LogP contribution is 2.51. The molecule has 5 aromatic rings. The van der Waals surface area contributed by atoms with Gasteiger partial charge in [0.2, 0.25) is 22.7 Å². The van der Waals surface area contributed by atoms with E-state index in [4.69, 9.17) is 21.4 Å². The number of fused-ring (bicyclic) bond motifs is 2. The van der Waals surface area contributed by atoms with Crippen molar-refractivity contribution in [3.63, 3.8) is 0 Å². The maximum Gasteiger partial charge on any atom is 0.472 e. The van der Waals surface area contributed by atoms with Crippen molar-refractivity contribution in [2.75, 3.05) is 36.7 Å². The fourth-order valence-corrected chi connectivity index (χ4v) is 10.9. The quantitative estimate of drug-likeness (QED) is 0.0298. The fraction of sp³-hybridized carbons (Fsp3) is 0.458. The van der Waals surface area contributed by atoms with E-state index in [0.29, 0.717) is 12.3 Å². The summed E-state index contributed by atoms with van der Waals surface area (Å²) in [5.74, 6) is -5.29. The number of rotatable bonds is 17. The predicted molar refractivity (Wildman–Crippen MR) is 274 cm³/mol. The highest BCUT2D eigenvalue weighted by Gasteiger charge is 2.55. The number of phosphoric ester groups is 1. The average molecular weight is 1260 g/mol. The van der Waals surface area contributed by atoms with Crippen LogP contribution in [-0.4, -0.2) is 123 Å². The van der Waals surface area contributed by atoms with Crippen LogP contribution >= 0.6 is 19.4 Å². The van der Waals surface area contributed by atoms with Gasteiger partial charge in [-0.3, -0.25) is 14.2 Å². The van der Waals surface area contributed by atoms with Crippen molar-refractivity contribution in [1.82, 2.24) is 40.1 Å². The van der Waals surface area contributed by atoms with Gasteiger partial charge in [-0.2, -0.15) is 49.6 Å². The van der Waals surface area contributed by atoms with Crippen molar-refractivity contribution in [3.8, 4) is 23.0 Å². The number of anilines is 1. The van der Waals surface area contributed by atoms with E-state index >= 15 is 8.78 Å². The van der Waals surface area contributed by atoms with E-state index in [-0.39, 0.29) is 56.3 Å². The lowest BCUT2D eigenvalue weighted by molar-refractivity contribution is -0.143. The van der Waals surface area contributed by atoms with Gasteiger partial charge in [0.05, 0.1) is 40.0 Å². The van der Waals surface area contributed by atoms with Crippen molar-refractivity contribution >= 4 is 74.0 Å². The molecule has 0 unspecified atom stereocenters. The van der Waals surface area contributed by atoms with Gasteiger partial charge < -0.3 is 30.1 Å². The summed E-state index contributed by atoms with van der Waals surface area (Å²) in [6.07, 6.45) is -12.0. The Balaban J connectivity index is 1.43. The number of sulfone groups is 1. The highest BCUT2D eigenvalue weighted by atomic mass is 35.5. The van der Waals surface area contributed by atoms with Crippen LogP contribution in [0.25, 0.3) is 22.0 Å². The molecular formula is C48H49ClF10N9O12PS2. The lowest BCUT2D eigenvalue weighted by atomic mass is 9.93. The van der Waals surface area contributed by atoms with Crippen molar-refractivity contribution < 1.29 is 98.7 Å². The van der Waals surface area contributed by atoms with E-state index in [2.05, 4.69) is 46.9 Å². The zero-order valence-electron chi connectivity index (χ0n) is 43.9. The Labute approximate surface area is 470 Å². The molecule has 1 fully saturated rings. The average Bonchev–Trinajstić information content (AvgIpc) is 1.69. The summed E-state index contributed by atoms with van der Waals surface area (Å²) in [4.78, 5) is 64.5. The number of halogens is 11. The number of alkyl halides is 8. The van der Waals surface area contributed by atoms with Gasteiger partial charge in [0.25, 0.3) is 5.92 Å². The zero-order valence-corrected chi connectivity index (χ0v) is 47.2. The monoisotopic (exact) mass is 1260 g/mol. The summed E-state index contributed by atoms with van der Waals surface area (Å²) in [7, 11) is -14.0. The normalized spacial score (nSPS) is 17.0. The van der Waals surface area contributed by atoms with Crippen LogP contribution in [0, 0.1) is 29.4 Å². The number of amides is 4. The summed E-state index contributed by atoms with van der Waals surface area (Å²) >= 11 is 6.74. The number of urea groups is 1. The number of hydrogen-bond donors (Lipinski definition) is 4. The van der Waals surface area contributed by atoms with Gasteiger partial charge in [0, 0.05) is 48.0 Å². The third-order valence-corrected chi connectivity index (χ3v) is 17.1. The molecule has 2 aromatic carbocycles. The Bertz CT molecular complexity index is 3720. The van der Waals surface area contributed by atoms with Crippen LogP contribution in [0.3, 0.4) is 0 Å². The molecule has 21 nitrogen and oxygen atoms in total. The number of carbonyl (C=O) groups excluding carboxylic acids is 3. The Morgan fingerprint density at radius 3 is 2.22 bits per heavy atom. The van der Waals surface area contributed by atoms with E-state index in [0.717, 1.165) is 47.6 Å². The number of phosphoric acid groups is 1. The molecule has 7 rings (SSSR count). The number of alkyl carbamates (subject to hydrolysis) is 1. The summed E-state index contributed by atoms with van der Waals surface area (Å²) in [5.41, 5.74) is -6.44. The summed E-state index contributed by atoms with van der Waals surface area (Å²) < 4.78 is 220. The van der Waals surface area contributed by atoms with E-state index in [9.17, 15) is 70.9 Å². The van der Waals surface area contributed by atoms with Gasteiger partial charge in [-0.1, -0.05) is 30.5 Å². The topological polar surface area (TPSA) is 275 Å². The summed E-state index contributed by atoms with van der Waals surface area (Å²) in [6, 6.07) is 1.97. The van der Waals surface area contributed by atoms with E-state index in [1.807, 2.05) is 0 Å². The summed E-state index contributed by atoms with van der Waals surface area (Å²) in [6.45, 7) is -1.60. The Kier molecular flexibility index (Phi) is 18.1. The number of sulfonamides is 1. The standard InChI is InChI=1S/C48H49ClF10N9O12PS2/c1-6-26-19-33-40(48(57,58)59)63-66(41(33)47(26,55)56)22-36(69)62-35(18-25-16-27(50)20-28(51)17-25)38-31(10-9-29(61-38)13-14-45(2,3)82(4,75)76)32-11-12-34(49)37-39(32)67(23-46(52,53)54)64-42(37)68(83(5,77)78)44(71)65-15-7-8-30(65)21-60-43(70)79-24-80-81(72,73)74/h9-12,16-17,20,26,30,35H,6-8,15,18-19,21-24H2,1-5H3,(H,60,70)(H,62,69)(H2,72,73,74)/t26-,30+,35+/m1/s1. The first kappa shape index (κ1) is 64.0. The molecule has 1 aliphatic heterocycles. The minimum absolute atomic E-state index is 0.0355. The van der Waals surface area contributed by atoms with Crippen LogP contribution in [0.4, 0.5) is 59.3 Å². The van der Waals surface area contributed by atoms with Crippen molar-refractivity contribution in [3.05, 3.63) is 93.0 Å². The Hall–Kier alpha value is -6.56. The first-order valence-electron chi connectivity index (χ1n) is 24.4. The van der Waals surface area contributed by atoms with E-state index in [1.54, 1.807) is 0 Å². The number of benzene rings is 2. The number of ether oxygens (including phenoxy) is 1. The second kappa shape index (κ2) is 23.5. The molecule has 2 aliphatic rings. The largest absolute Gasteiger partial charge is 0.472 e. The molecule has 35 heteroatoms. The van der Waals surface area contributed by atoms with Gasteiger partial charge >= 0.3 is 32.3 Å². The van der Waals surface area contributed by atoms with Gasteiger partial charge in [-0.25, -0.2) is 49.3 Å². The Morgan fingerprint density at radius 2 is 1.63 bits per heavy atom. The lowest BCUT2D eigenvalue weighted by Gasteiger charge is -2.29. The van der Waals surface area contributed by atoms with Gasteiger partial charge in [0.1, 0.15) is 40.9 Å². The first-order chi connectivity index (χ1) is 38.2. The van der Waals surface area contributed by atoms with Crippen LogP contribution in [0.15, 0.2) is 42.5 Å². The molecule has 0 bridgehead atoms. The molecule has 0 radical (unpaired) electrons. The minimum Gasteiger partial charge on any atom is -0.422 e. The van der Waals surface area contributed by atoms with Gasteiger partial charge in [-0.05, 0) is 87.8 Å². The SMILES string of the molecule is CC[C@@H]1Cc2c(C(F)(F)F)nn(CC(=O)N[C@@H](Cc3cc(F)cc(F)c3)c3nc(C#CC(C)(C)S(C)(=O)=O)ccc3-c3ccc(Cl)c4c(N(C(=O)N5CCC[C@H]5CNC(=O)OCOP(=O)(O)O)S(C)(=O)=O)nn(CC(F)(F)F)c34)c2C1(F)F. The maximum atomic E-state index is 15.9. The maximum absolute atomic E-state index is 15.9. The number of hydrogen-bond acceptors (Lipinski definition) is 13. The molecular weight excluding hydrogens is 1220 g/mol. The third kappa shape index (κ3) is 14.5. The van der Waals surface area contributed by atoms with E-state index in [1.165, 1.54) is 20.8 Å². The molecule has 3 atom stereocenters. The van der Waals surface area contributed by atoms with Crippen LogP contribution in [0.2, 0.25) is 5.02 Å². The number of carbonyl (C=O) groups is 3. The minimum atomic E-state index is -5.28. The Morgan fingerprint density at radius 1 is 0.976 bits per heavy atom.